The van der Waals surface area contributed by atoms with Crippen molar-refractivity contribution in [2.24, 2.45) is 0 Å². The molecule has 14 nitrogen and oxygen atoms in total. The largest absolute Gasteiger partial charge is 0.475 e. The summed E-state index contributed by atoms with van der Waals surface area (Å²) in [5.41, 5.74) is 1.47. The molecule has 0 atom stereocenters. The summed E-state index contributed by atoms with van der Waals surface area (Å²) >= 11 is 11.9. The number of aromatic nitrogens is 8. The predicted octanol–water partition coefficient (Wildman–Crippen LogP) is 6.08. The number of carbonyl (C=O) groups is 2. The molecule has 0 spiro atoms. The van der Waals surface area contributed by atoms with Crippen LogP contribution < -0.4 is 9.47 Å². The van der Waals surface area contributed by atoms with E-state index in [-0.39, 0.29) is 29.6 Å². The highest BCUT2D eigenvalue weighted by atomic mass is 35.5. The van der Waals surface area contributed by atoms with Gasteiger partial charge < -0.3 is 18.9 Å². The van der Waals surface area contributed by atoms with Crippen molar-refractivity contribution in [1.82, 2.24) is 39.9 Å². The van der Waals surface area contributed by atoms with Gasteiger partial charge in [-0.15, -0.1) is 11.5 Å². The smallest absolute Gasteiger partial charge is 0.384 e. The van der Waals surface area contributed by atoms with Gasteiger partial charge in [0, 0.05) is 41.5 Å². The first-order valence-electron chi connectivity index (χ1n) is 14.7. The number of terminal acetylenes is 1. The molecule has 0 saturated heterocycles. The van der Waals surface area contributed by atoms with Gasteiger partial charge in [0.05, 0.1) is 24.4 Å². The predicted molar refractivity (Wildman–Crippen MR) is 181 cm³/mol. The lowest BCUT2D eigenvalue weighted by Gasteiger charge is -2.09. The average Bonchev–Trinajstić information content (AvgIpc) is 3.68. The van der Waals surface area contributed by atoms with E-state index in [1.165, 1.54) is 29.6 Å². The molecule has 4 aromatic rings. The Kier molecular flexibility index (Phi) is 16.0. The third kappa shape index (κ3) is 15.1. The molecule has 0 aliphatic heterocycles. The lowest BCUT2D eigenvalue weighted by molar-refractivity contribution is -0.141. The fourth-order valence-corrected chi connectivity index (χ4v) is 3.70. The summed E-state index contributed by atoms with van der Waals surface area (Å²) < 4.78 is 22.0. The fourth-order valence-electron chi connectivity index (χ4n) is 3.30. The lowest BCUT2D eigenvalue weighted by Crippen LogP contribution is -2.08. The number of nitrogens with one attached hydrogen (secondary N) is 1. The van der Waals surface area contributed by atoms with E-state index in [4.69, 9.17) is 43.8 Å². The number of halogens is 2. The highest BCUT2D eigenvalue weighted by Crippen LogP contribution is 2.25. The van der Waals surface area contributed by atoms with E-state index >= 15 is 0 Å². The van der Waals surface area contributed by atoms with Crippen LogP contribution in [0.4, 0.5) is 0 Å². The molecular formula is C32H38Cl2N8O6. The van der Waals surface area contributed by atoms with Crippen molar-refractivity contribution in [3.05, 3.63) is 53.3 Å². The summed E-state index contributed by atoms with van der Waals surface area (Å²) in [6, 6.07) is 6.83. The Labute approximate surface area is 289 Å². The van der Waals surface area contributed by atoms with Crippen molar-refractivity contribution in [2.45, 2.75) is 79.8 Å². The number of ether oxygens (including phenoxy) is 4. The quantitative estimate of drug-likeness (QED) is 0.0666. The van der Waals surface area contributed by atoms with Crippen molar-refractivity contribution >= 4 is 41.3 Å². The van der Waals surface area contributed by atoms with Crippen molar-refractivity contribution in [3.63, 3.8) is 0 Å². The Morgan fingerprint density at radius 1 is 0.833 bits per heavy atom. The standard InChI is InChI=1S/C16H19ClN4O3.C10H11ClN4O.C6H8O2/c1-10(2)23-14-8-12(7-13(17)19-14)16-18-9-21(20-16)6-5-15(22)24-11(3)4;1-6(2)16-9-4-7(3-8(11)14-9)10-12-5-13-15-10;1-4-6(7)8-5(2)3/h5-11H,1-4H3;3-6H,1-2H3,(H,12,13,15);1,5H,2-3H3/b6-5-;;. The number of nitrogens with zero attached hydrogens (tertiary/aromatic N) is 7. The first-order valence-corrected chi connectivity index (χ1v) is 15.4. The van der Waals surface area contributed by atoms with E-state index in [2.05, 4.69) is 40.0 Å². The molecule has 0 amide bonds. The zero-order valence-corrected chi connectivity index (χ0v) is 29.4. The third-order valence-electron chi connectivity index (χ3n) is 4.89. The van der Waals surface area contributed by atoms with Crippen LogP contribution in [-0.4, -0.2) is 76.3 Å². The zero-order valence-electron chi connectivity index (χ0n) is 27.8. The summed E-state index contributed by atoms with van der Waals surface area (Å²) in [6.45, 7) is 14.7. The highest BCUT2D eigenvalue weighted by Gasteiger charge is 2.11. The molecule has 0 unspecified atom stereocenters. The van der Waals surface area contributed by atoms with Gasteiger partial charge >= 0.3 is 11.9 Å². The van der Waals surface area contributed by atoms with Crippen molar-refractivity contribution < 1.29 is 28.5 Å². The van der Waals surface area contributed by atoms with Crippen molar-refractivity contribution in [2.75, 3.05) is 0 Å². The number of pyridine rings is 2. The molecule has 0 aromatic carbocycles. The molecule has 4 rings (SSSR count). The van der Waals surface area contributed by atoms with Gasteiger partial charge in [0.1, 0.15) is 23.0 Å². The Morgan fingerprint density at radius 3 is 1.88 bits per heavy atom. The number of rotatable bonds is 10. The van der Waals surface area contributed by atoms with Gasteiger partial charge in [-0.1, -0.05) is 23.2 Å². The number of hydrogen-bond acceptors (Lipinski definition) is 12. The average molecular weight is 702 g/mol. The molecular weight excluding hydrogens is 663 g/mol. The van der Waals surface area contributed by atoms with Crippen LogP contribution in [0.5, 0.6) is 11.8 Å². The van der Waals surface area contributed by atoms with Crippen LogP contribution in [0.1, 0.15) is 55.4 Å². The number of aromatic amines is 1. The van der Waals surface area contributed by atoms with Crippen LogP contribution >= 0.6 is 23.2 Å². The van der Waals surface area contributed by atoms with Crippen LogP contribution in [0.3, 0.4) is 0 Å². The van der Waals surface area contributed by atoms with Gasteiger partial charge in [-0.2, -0.15) is 5.10 Å². The second-order valence-electron chi connectivity index (χ2n) is 10.6. The third-order valence-corrected chi connectivity index (χ3v) is 5.27. The number of esters is 2. The summed E-state index contributed by atoms with van der Waals surface area (Å²) in [5.74, 6) is 2.75. The Balaban J connectivity index is 0.000000285. The van der Waals surface area contributed by atoms with Crippen LogP contribution in [0, 0.1) is 12.3 Å². The maximum atomic E-state index is 11.5. The van der Waals surface area contributed by atoms with Crippen LogP contribution in [0.25, 0.3) is 29.0 Å². The summed E-state index contributed by atoms with van der Waals surface area (Å²) in [6.07, 6.45) is 10.1. The molecule has 0 bridgehead atoms. The molecule has 4 aromatic heterocycles. The molecule has 0 aliphatic carbocycles. The highest BCUT2D eigenvalue weighted by molar-refractivity contribution is 6.30. The van der Waals surface area contributed by atoms with E-state index in [9.17, 15) is 9.59 Å². The second-order valence-corrected chi connectivity index (χ2v) is 11.4. The van der Waals surface area contributed by atoms with Crippen molar-refractivity contribution in [3.8, 4) is 46.9 Å². The Morgan fingerprint density at radius 2 is 1.40 bits per heavy atom. The van der Waals surface area contributed by atoms with E-state index in [1.54, 1.807) is 52.0 Å². The minimum Gasteiger partial charge on any atom is -0.475 e. The summed E-state index contributed by atoms with van der Waals surface area (Å²) in [5, 5.41) is 11.5. The Bertz CT molecular complexity index is 1680. The SMILES string of the molecule is C#CC(=O)OC(C)C.CC(C)OC(=O)/C=C\n1cnc(-c2cc(Cl)nc(OC(C)C)c2)n1.CC(C)Oc1cc(-c2ncn[nH]2)cc(Cl)n1. The van der Waals surface area contributed by atoms with E-state index in [0.717, 1.165) is 5.56 Å². The first-order chi connectivity index (χ1) is 22.6. The number of H-pyrrole nitrogens is 1. The van der Waals surface area contributed by atoms with E-state index in [0.29, 0.717) is 34.1 Å². The first kappa shape index (κ1) is 39.2. The van der Waals surface area contributed by atoms with Gasteiger partial charge in [0.2, 0.25) is 11.8 Å². The zero-order chi connectivity index (χ0) is 35.8. The van der Waals surface area contributed by atoms with Gasteiger partial charge in [-0.25, -0.2) is 34.2 Å². The Hall–Kier alpha value is -5.00. The number of carbonyl (C=O) groups excluding carboxylic acids is 2. The van der Waals surface area contributed by atoms with Crippen LogP contribution in [-0.2, 0) is 19.1 Å². The minimum absolute atomic E-state index is 0.0239. The summed E-state index contributed by atoms with van der Waals surface area (Å²) in [7, 11) is 0. The fraction of sp³-hybridized carbons (Fsp3) is 0.375. The van der Waals surface area contributed by atoms with E-state index in [1.807, 2.05) is 33.6 Å². The molecule has 4 heterocycles. The van der Waals surface area contributed by atoms with Crippen molar-refractivity contribution in [1.29, 1.82) is 0 Å². The molecule has 0 saturated carbocycles. The molecule has 0 fully saturated rings. The maximum absolute atomic E-state index is 11.5. The van der Waals surface area contributed by atoms with Gasteiger partial charge in [0.15, 0.2) is 11.6 Å². The van der Waals surface area contributed by atoms with Crippen LogP contribution in [0.15, 0.2) is 43.0 Å². The topological polar surface area (TPSA) is 169 Å². The van der Waals surface area contributed by atoms with Gasteiger partial charge in [0.25, 0.3) is 0 Å². The molecule has 48 heavy (non-hydrogen) atoms. The minimum atomic E-state index is -0.597. The molecule has 0 aliphatic rings. The molecule has 1 N–H and O–H groups in total. The lowest BCUT2D eigenvalue weighted by atomic mass is 10.2. The molecule has 0 radical (unpaired) electrons. The monoisotopic (exact) mass is 700 g/mol. The maximum Gasteiger partial charge on any atom is 0.384 e. The van der Waals surface area contributed by atoms with E-state index < -0.39 is 11.9 Å². The van der Waals surface area contributed by atoms with Gasteiger partial charge in [-0.3, -0.25) is 5.10 Å². The van der Waals surface area contributed by atoms with Gasteiger partial charge in [-0.05, 0) is 67.5 Å². The summed E-state index contributed by atoms with van der Waals surface area (Å²) in [4.78, 5) is 38.0. The normalized spacial score (nSPS) is 10.7. The molecule has 16 heteroatoms. The second kappa shape index (κ2) is 19.6. The number of hydrogen-bond donors (Lipinski definition) is 1. The molecule has 256 valence electrons. The van der Waals surface area contributed by atoms with Crippen LogP contribution in [0.2, 0.25) is 10.3 Å².